The third kappa shape index (κ3) is 3.12. The molecule has 0 spiro atoms. The lowest BCUT2D eigenvalue weighted by molar-refractivity contribution is -0.124. The first kappa shape index (κ1) is 17.4. The van der Waals surface area contributed by atoms with Gasteiger partial charge >= 0.3 is 6.03 Å². The van der Waals surface area contributed by atoms with Crippen molar-refractivity contribution in [2.75, 3.05) is 6.54 Å². The molecule has 2 fully saturated rings. The molecule has 0 radical (unpaired) electrons. The number of hydrogen-bond acceptors (Lipinski definition) is 5. The predicted molar refractivity (Wildman–Crippen MR) is 90.8 cm³/mol. The Labute approximate surface area is 157 Å². The van der Waals surface area contributed by atoms with E-state index in [1.54, 1.807) is 0 Å². The quantitative estimate of drug-likeness (QED) is 0.650. The van der Waals surface area contributed by atoms with Crippen LogP contribution in [0.15, 0.2) is 24.4 Å². The van der Waals surface area contributed by atoms with Crippen molar-refractivity contribution in [1.82, 2.24) is 30.9 Å². The van der Waals surface area contributed by atoms with Crippen molar-refractivity contribution in [2.24, 2.45) is 5.92 Å². The van der Waals surface area contributed by atoms with E-state index in [-0.39, 0.29) is 23.2 Å². The summed E-state index contributed by atoms with van der Waals surface area (Å²) in [6.45, 7) is -0.0573. The van der Waals surface area contributed by atoms with E-state index in [1.165, 1.54) is 18.3 Å². The molecular formula is C16H14ClFN6O3. The van der Waals surface area contributed by atoms with Crippen LogP contribution in [0.1, 0.15) is 23.3 Å². The van der Waals surface area contributed by atoms with Crippen LogP contribution in [0.3, 0.4) is 0 Å². The lowest BCUT2D eigenvalue weighted by atomic mass is 9.93. The number of imide groups is 1. The number of nitrogens with one attached hydrogen (secondary N) is 3. The standard InChI is InChI=1S/C16H14ClFN6O3/c17-10-5-9(18)3-4-12(10)24-20-6-11(23-24)13(25)19-7-16(8-1-2-8)14(26)21-15(27)22-16/h3-6,8H,1-2,7H2,(H,19,25)(H2,21,22,26,27)/t16-/m0/s1. The van der Waals surface area contributed by atoms with Crippen LogP contribution >= 0.6 is 11.6 Å². The molecule has 1 aliphatic carbocycles. The van der Waals surface area contributed by atoms with Crippen LogP contribution < -0.4 is 16.0 Å². The molecule has 1 aromatic carbocycles. The lowest BCUT2D eigenvalue weighted by Gasteiger charge is -2.25. The summed E-state index contributed by atoms with van der Waals surface area (Å²) in [5.74, 6) is -1.53. The van der Waals surface area contributed by atoms with E-state index in [2.05, 4.69) is 26.1 Å². The fourth-order valence-electron chi connectivity index (χ4n) is 3.07. The van der Waals surface area contributed by atoms with Crippen LogP contribution in [-0.4, -0.2) is 44.9 Å². The van der Waals surface area contributed by atoms with Crippen LogP contribution in [0.5, 0.6) is 0 Å². The van der Waals surface area contributed by atoms with Crippen LogP contribution in [0.2, 0.25) is 5.02 Å². The average Bonchev–Trinajstić information content (AvgIpc) is 3.28. The number of benzene rings is 1. The summed E-state index contributed by atoms with van der Waals surface area (Å²) in [7, 11) is 0. The SMILES string of the molecule is O=C1NC(=O)[C@](CNC(=O)c2cnn(-c3ccc(F)cc3Cl)n2)(C2CC2)N1. The smallest absolute Gasteiger partial charge is 0.322 e. The summed E-state index contributed by atoms with van der Waals surface area (Å²) in [4.78, 5) is 37.2. The molecular weight excluding hydrogens is 379 g/mol. The Morgan fingerprint density at radius 3 is 2.81 bits per heavy atom. The van der Waals surface area contributed by atoms with Gasteiger partial charge in [-0.2, -0.15) is 5.10 Å². The van der Waals surface area contributed by atoms with Gasteiger partial charge in [-0.15, -0.1) is 9.90 Å². The topological polar surface area (TPSA) is 118 Å². The maximum Gasteiger partial charge on any atom is 0.322 e. The van der Waals surface area contributed by atoms with Gasteiger partial charge in [-0.05, 0) is 37.0 Å². The molecule has 2 aliphatic rings. The number of halogens is 2. The zero-order chi connectivity index (χ0) is 19.2. The largest absolute Gasteiger partial charge is 0.348 e. The average molecular weight is 393 g/mol. The van der Waals surface area contributed by atoms with E-state index in [4.69, 9.17) is 11.6 Å². The Kier molecular flexibility index (Phi) is 4.06. The van der Waals surface area contributed by atoms with E-state index < -0.39 is 29.2 Å². The Balaban J connectivity index is 1.48. The highest BCUT2D eigenvalue weighted by Crippen LogP contribution is 2.41. The zero-order valence-electron chi connectivity index (χ0n) is 13.8. The number of carbonyl (C=O) groups excluding carboxylic acids is 3. The summed E-state index contributed by atoms with van der Waals surface area (Å²) in [5, 5.41) is 15.5. The third-order valence-electron chi connectivity index (χ3n) is 4.62. The van der Waals surface area contributed by atoms with Gasteiger partial charge in [0.15, 0.2) is 5.69 Å². The fourth-order valence-corrected chi connectivity index (χ4v) is 3.32. The molecule has 0 bridgehead atoms. The van der Waals surface area contributed by atoms with Crippen molar-refractivity contribution in [1.29, 1.82) is 0 Å². The first-order valence-electron chi connectivity index (χ1n) is 8.18. The maximum atomic E-state index is 13.1. The molecule has 1 aliphatic heterocycles. The first-order chi connectivity index (χ1) is 12.9. The van der Waals surface area contributed by atoms with E-state index in [0.717, 1.165) is 23.7 Å². The molecule has 0 unspecified atom stereocenters. The normalized spacial score (nSPS) is 21.7. The van der Waals surface area contributed by atoms with Crippen molar-refractivity contribution in [3.05, 3.63) is 40.9 Å². The predicted octanol–water partition coefficient (Wildman–Crippen LogP) is 0.778. The van der Waals surface area contributed by atoms with Crippen LogP contribution in [0.25, 0.3) is 5.69 Å². The Hall–Kier alpha value is -3.01. The van der Waals surface area contributed by atoms with Crippen LogP contribution in [-0.2, 0) is 4.79 Å². The zero-order valence-corrected chi connectivity index (χ0v) is 14.6. The van der Waals surface area contributed by atoms with Crippen molar-refractivity contribution in [2.45, 2.75) is 18.4 Å². The molecule has 1 saturated heterocycles. The Morgan fingerprint density at radius 1 is 1.41 bits per heavy atom. The second-order valence-electron chi connectivity index (χ2n) is 6.45. The number of carbonyl (C=O) groups is 3. The molecule has 11 heteroatoms. The molecule has 4 amide bonds. The number of urea groups is 1. The van der Waals surface area contributed by atoms with Gasteiger partial charge in [-0.3, -0.25) is 14.9 Å². The van der Waals surface area contributed by atoms with Gasteiger partial charge in [0.1, 0.15) is 17.0 Å². The molecule has 2 heterocycles. The van der Waals surface area contributed by atoms with Gasteiger partial charge < -0.3 is 10.6 Å². The Morgan fingerprint density at radius 2 is 2.19 bits per heavy atom. The van der Waals surface area contributed by atoms with Crippen LogP contribution in [0, 0.1) is 11.7 Å². The molecule has 3 N–H and O–H groups in total. The number of rotatable bonds is 5. The molecule has 27 heavy (non-hydrogen) atoms. The highest BCUT2D eigenvalue weighted by atomic mass is 35.5. The summed E-state index contributed by atoms with van der Waals surface area (Å²) < 4.78 is 13.1. The molecule has 9 nitrogen and oxygen atoms in total. The van der Waals surface area contributed by atoms with Crippen molar-refractivity contribution in [3.8, 4) is 5.69 Å². The van der Waals surface area contributed by atoms with Gasteiger partial charge in [0.05, 0.1) is 17.8 Å². The Bertz CT molecular complexity index is 959. The summed E-state index contributed by atoms with van der Waals surface area (Å²) in [6, 6.07) is 3.13. The summed E-state index contributed by atoms with van der Waals surface area (Å²) in [6.07, 6.45) is 2.82. The minimum atomic E-state index is -1.14. The van der Waals surface area contributed by atoms with Crippen molar-refractivity contribution >= 4 is 29.4 Å². The fraction of sp³-hybridized carbons (Fsp3) is 0.312. The second-order valence-corrected chi connectivity index (χ2v) is 6.86. The van der Waals surface area contributed by atoms with Crippen molar-refractivity contribution in [3.63, 3.8) is 0 Å². The number of aromatic nitrogens is 3. The minimum Gasteiger partial charge on any atom is -0.348 e. The lowest BCUT2D eigenvalue weighted by Crippen LogP contribution is -2.57. The van der Waals surface area contributed by atoms with E-state index in [9.17, 15) is 18.8 Å². The highest BCUT2D eigenvalue weighted by molar-refractivity contribution is 6.32. The molecule has 1 saturated carbocycles. The maximum absolute atomic E-state index is 13.1. The molecule has 1 atom stereocenters. The van der Waals surface area contributed by atoms with Crippen molar-refractivity contribution < 1.29 is 18.8 Å². The van der Waals surface area contributed by atoms with E-state index >= 15 is 0 Å². The second kappa shape index (κ2) is 6.31. The van der Waals surface area contributed by atoms with E-state index in [0.29, 0.717) is 5.69 Å². The minimum absolute atomic E-state index is 0.00827. The molecule has 1 aromatic heterocycles. The number of amides is 4. The molecule has 140 valence electrons. The van der Waals surface area contributed by atoms with Gasteiger partial charge in [0.25, 0.3) is 11.8 Å². The van der Waals surface area contributed by atoms with Gasteiger partial charge in [-0.1, -0.05) is 11.6 Å². The van der Waals surface area contributed by atoms with Gasteiger partial charge in [0, 0.05) is 0 Å². The number of nitrogens with zero attached hydrogens (tertiary/aromatic N) is 3. The van der Waals surface area contributed by atoms with E-state index in [1.807, 2.05) is 0 Å². The van der Waals surface area contributed by atoms with Gasteiger partial charge in [0.2, 0.25) is 0 Å². The third-order valence-corrected chi connectivity index (χ3v) is 4.92. The molecule has 2 aromatic rings. The molecule has 4 rings (SSSR count). The summed E-state index contributed by atoms with van der Waals surface area (Å²) >= 11 is 5.96. The van der Waals surface area contributed by atoms with Crippen LogP contribution in [0.4, 0.5) is 9.18 Å². The monoisotopic (exact) mass is 392 g/mol. The highest BCUT2D eigenvalue weighted by Gasteiger charge is 2.56. The first-order valence-corrected chi connectivity index (χ1v) is 8.56. The number of hydrogen-bond donors (Lipinski definition) is 3. The van der Waals surface area contributed by atoms with Gasteiger partial charge in [-0.25, -0.2) is 9.18 Å². The summed E-state index contributed by atoms with van der Waals surface area (Å²) in [5.41, 5.74) is -0.830.